The van der Waals surface area contributed by atoms with E-state index >= 15 is 0 Å². The van der Waals surface area contributed by atoms with Crippen LogP contribution in [0.2, 0.25) is 0 Å². The second-order valence-corrected chi connectivity index (χ2v) is 8.38. The molecule has 24 heavy (non-hydrogen) atoms. The van der Waals surface area contributed by atoms with Crippen LogP contribution in [0.4, 0.5) is 0 Å². The molecule has 8 heteroatoms. The highest BCUT2D eigenvalue weighted by Crippen LogP contribution is 2.10. The van der Waals surface area contributed by atoms with Gasteiger partial charge in [0.2, 0.25) is 0 Å². The summed E-state index contributed by atoms with van der Waals surface area (Å²) >= 11 is 8.82. The highest BCUT2D eigenvalue weighted by Gasteiger charge is 1.67. The van der Waals surface area contributed by atoms with Gasteiger partial charge in [-0.1, -0.05) is 27.7 Å². The molecule has 0 rings (SSSR count). The summed E-state index contributed by atoms with van der Waals surface area (Å²) in [7, 11) is 8.58. The maximum absolute atomic E-state index is 4.69. The highest BCUT2D eigenvalue weighted by atomic mass is 32.7. The predicted octanol–water partition coefficient (Wildman–Crippen LogP) is 5.89. The van der Waals surface area contributed by atoms with Gasteiger partial charge in [-0.3, -0.25) is 0 Å². The molecule has 0 aliphatic heterocycles. The lowest BCUT2D eigenvalue weighted by Gasteiger charge is -1.84. The van der Waals surface area contributed by atoms with Crippen molar-refractivity contribution in [3.63, 3.8) is 0 Å². The Bertz CT molecular complexity index is 142. The fourth-order valence-corrected chi connectivity index (χ4v) is 0.816. The molecule has 0 amide bonds. The minimum absolute atomic E-state index is 0.869. The molecule has 0 fully saturated rings. The lowest BCUT2D eigenvalue weighted by Crippen LogP contribution is -1.80. The van der Waals surface area contributed by atoms with Gasteiger partial charge in [0.15, 0.2) is 0 Å². The van der Waals surface area contributed by atoms with Gasteiger partial charge in [0.25, 0.3) is 0 Å². The normalized spacial score (nSPS) is 8.50. The average Bonchev–Trinajstić information content (AvgIpc) is 2.60. The Hall–Kier alpha value is 0.880. The highest BCUT2D eigenvalue weighted by molar-refractivity contribution is 8.40. The Labute approximate surface area is 164 Å². The van der Waals surface area contributed by atoms with E-state index in [1.807, 2.05) is 0 Å². The smallest absolute Gasteiger partial charge is 0.0464 e. The summed E-state index contributed by atoms with van der Waals surface area (Å²) in [5, 5.41) is 0. The third kappa shape index (κ3) is 112. The zero-order valence-electron chi connectivity index (χ0n) is 17.0. The Morgan fingerprint density at radius 2 is 0.667 bits per heavy atom. The van der Waals surface area contributed by atoms with E-state index in [9.17, 15) is 0 Å². The van der Waals surface area contributed by atoms with Gasteiger partial charge in [0, 0.05) is 69.0 Å². The largest absolute Gasteiger partial charge is 0.385 e. The van der Waals surface area contributed by atoms with Crippen LogP contribution in [-0.2, 0) is 42.6 Å². The van der Waals surface area contributed by atoms with Crippen LogP contribution < -0.4 is 0 Å². The summed E-state index contributed by atoms with van der Waals surface area (Å²) in [6, 6.07) is 0. The first-order valence-electron chi connectivity index (χ1n) is 8.18. The van der Waals surface area contributed by atoms with Crippen molar-refractivity contribution in [2.75, 3.05) is 54.9 Å². The standard InChI is InChI=1S/4C4H10O.P2S2/c4*1-3-4-5-2;3-1-2-4/h4*3-4H2,1-2H3;. The zero-order valence-corrected chi connectivity index (χ0v) is 20.4. The van der Waals surface area contributed by atoms with Gasteiger partial charge in [-0.25, -0.2) is 0 Å². The lowest BCUT2D eigenvalue weighted by atomic mass is 10.5. The summed E-state index contributed by atoms with van der Waals surface area (Å²) in [5.41, 5.74) is 0. The van der Waals surface area contributed by atoms with Gasteiger partial charge < -0.3 is 18.9 Å². The van der Waals surface area contributed by atoms with Crippen molar-refractivity contribution in [3.8, 4) is 0 Å². The summed E-state index contributed by atoms with van der Waals surface area (Å²) in [5.74, 6) is 0. The van der Waals surface area contributed by atoms with Crippen LogP contribution in [0.3, 0.4) is 0 Å². The van der Waals surface area contributed by atoms with Gasteiger partial charge in [-0.05, 0) is 49.3 Å². The SMILES string of the molecule is CCCOC.CCCOC.CCCOC.CCCOC.S=PP=S. The van der Waals surface area contributed by atoms with Crippen LogP contribution >= 0.6 is 14.1 Å². The van der Waals surface area contributed by atoms with E-state index in [-0.39, 0.29) is 0 Å². The molecule has 0 N–H and O–H groups in total. The number of ether oxygens (including phenoxy) is 4. The first kappa shape index (κ1) is 35.9. The van der Waals surface area contributed by atoms with Gasteiger partial charge in [-0.2, -0.15) is 0 Å². The van der Waals surface area contributed by atoms with Crippen LogP contribution in [0, 0.1) is 0 Å². The van der Waals surface area contributed by atoms with Crippen LogP contribution in [0.15, 0.2) is 0 Å². The van der Waals surface area contributed by atoms with Gasteiger partial charge in [0.05, 0.1) is 0 Å². The zero-order chi connectivity index (χ0) is 19.9. The Kier molecular flexibility index (Phi) is 84.5. The molecule has 0 saturated heterocycles. The second kappa shape index (κ2) is 56.5. The van der Waals surface area contributed by atoms with E-state index in [1.54, 1.807) is 28.4 Å². The molecule has 0 aromatic carbocycles. The monoisotopic (exact) mass is 422 g/mol. The third-order valence-corrected chi connectivity index (χ3v) is 4.33. The van der Waals surface area contributed by atoms with Crippen molar-refractivity contribution in [2.45, 2.75) is 53.4 Å². The van der Waals surface area contributed by atoms with E-state index in [2.05, 4.69) is 51.3 Å². The Morgan fingerprint density at radius 1 is 0.500 bits per heavy atom. The van der Waals surface area contributed by atoms with Crippen LogP contribution in [-0.4, -0.2) is 54.9 Å². The van der Waals surface area contributed by atoms with Crippen LogP contribution in [0.25, 0.3) is 0 Å². The summed E-state index contributed by atoms with van der Waals surface area (Å²) in [6.07, 6.45) is 4.49. The Balaban J connectivity index is -0.0000000628. The van der Waals surface area contributed by atoms with Crippen molar-refractivity contribution in [1.82, 2.24) is 0 Å². The average molecular weight is 423 g/mol. The van der Waals surface area contributed by atoms with Gasteiger partial charge in [-0.15, -0.1) is 0 Å². The summed E-state index contributed by atoms with van der Waals surface area (Å²) in [4.78, 5) is 0. The molecule has 0 radical (unpaired) electrons. The van der Waals surface area contributed by atoms with Gasteiger partial charge in [0.1, 0.15) is 0 Å². The molecule has 0 aromatic rings. The molecule has 150 valence electrons. The van der Waals surface area contributed by atoms with Crippen LogP contribution in [0.5, 0.6) is 0 Å². The van der Waals surface area contributed by atoms with Crippen molar-refractivity contribution in [3.05, 3.63) is 0 Å². The minimum atomic E-state index is 0.869. The van der Waals surface area contributed by atoms with Gasteiger partial charge >= 0.3 is 0 Å². The summed E-state index contributed by atoms with van der Waals surface area (Å²) in [6.45, 7) is 11.9. The van der Waals surface area contributed by atoms with E-state index in [1.165, 1.54) is 0 Å². The fraction of sp³-hybridized carbons (Fsp3) is 1.00. The van der Waals surface area contributed by atoms with E-state index in [0.717, 1.165) is 66.2 Å². The number of hydrogen-bond donors (Lipinski definition) is 0. The van der Waals surface area contributed by atoms with Crippen molar-refractivity contribution in [2.24, 2.45) is 0 Å². The number of hydrogen-bond acceptors (Lipinski definition) is 6. The molecule has 0 atom stereocenters. The fourth-order valence-electron chi connectivity index (χ4n) is 0.816. The first-order valence-corrected chi connectivity index (χ1v) is 12.7. The maximum atomic E-state index is 4.69. The quantitative estimate of drug-likeness (QED) is 0.431. The second-order valence-electron chi connectivity index (χ2n) is 4.13. The van der Waals surface area contributed by atoms with E-state index < -0.39 is 0 Å². The number of rotatable bonds is 9. The molecular weight excluding hydrogens is 382 g/mol. The predicted molar refractivity (Wildman–Crippen MR) is 117 cm³/mol. The Morgan fingerprint density at radius 3 is 0.667 bits per heavy atom. The molecule has 0 spiro atoms. The van der Waals surface area contributed by atoms with Crippen molar-refractivity contribution >= 4 is 37.7 Å². The molecule has 4 nitrogen and oxygen atoms in total. The maximum Gasteiger partial charge on any atom is 0.0464 e. The lowest BCUT2D eigenvalue weighted by molar-refractivity contribution is 0.199. The first-order chi connectivity index (χ1) is 11.6. The molecule has 0 aromatic heterocycles. The molecule has 0 unspecified atom stereocenters. The van der Waals surface area contributed by atoms with Crippen LogP contribution in [0.1, 0.15) is 53.4 Å². The van der Waals surface area contributed by atoms with Crippen molar-refractivity contribution < 1.29 is 18.9 Å². The molecule has 0 saturated carbocycles. The number of methoxy groups -OCH3 is 4. The molecule has 0 heterocycles. The molecule has 0 aliphatic carbocycles. The molecule has 0 bridgehead atoms. The van der Waals surface area contributed by atoms with Crippen molar-refractivity contribution in [1.29, 1.82) is 0 Å². The topological polar surface area (TPSA) is 36.9 Å². The molecular formula is C16H40O4P2S2. The van der Waals surface area contributed by atoms with E-state index in [0.29, 0.717) is 0 Å². The third-order valence-electron chi connectivity index (χ3n) is 1.67. The summed E-state index contributed by atoms with van der Waals surface area (Å²) < 4.78 is 18.8. The molecule has 0 aliphatic rings. The minimum Gasteiger partial charge on any atom is -0.385 e. The van der Waals surface area contributed by atoms with E-state index in [4.69, 9.17) is 18.9 Å².